The van der Waals surface area contributed by atoms with Crippen LogP contribution in [0.15, 0.2) is 29.4 Å². The Labute approximate surface area is 228 Å². The molecule has 204 valence electrons. The molecule has 14 heteroatoms. The monoisotopic (exact) mass is 566 g/mol. The number of esters is 4. The number of rotatable bonds is 7. The Hall–Kier alpha value is -3.36. The average Bonchev–Trinajstić information content (AvgIpc) is 3.13. The maximum atomic E-state index is 13.7. The molecule has 38 heavy (non-hydrogen) atoms. The molecule has 2 aliphatic heterocycles. The fourth-order valence-electron chi connectivity index (χ4n) is 3.98. The van der Waals surface area contributed by atoms with Crippen LogP contribution in [-0.4, -0.2) is 81.2 Å². The number of allylic oxidation sites excluding steroid dienone is 1. The van der Waals surface area contributed by atoms with Crippen molar-refractivity contribution < 1.29 is 47.7 Å². The van der Waals surface area contributed by atoms with Crippen molar-refractivity contribution >= 4 is 63.7 Å². The molecule has 2 aliphatic rings. The summed E-state index contributed by atoms with van der Waals surface area (Å²) in [7, 11) is 0. The summed E-state index contributed by atoms with van der Waals surface area (Å²) in [6.45, 7) is 5.84. The van der Waals surface area contributed by atoms with Crippen LogP contribution >= 0.6 is 24.0 Å². The zero-order chi connectivity index (χ0) is 28.1. The molecule has 0 spiro atoms. The third kappa shape index (κ3) is 6.74. The lowest BCUT2D eigenvalue weighted by Crippen LogP contribution is -2.66. The van der Waals surface area contributed by atoms with Crippen molar-refractivity contribution in [2.45, 2.75) is 65.3 Å². The lowest BCUT2D eigenvalue weighted by Gasteiger charge is -2.46. The molecule has 3 heterocycles. The van der Waals surface area contributed by atoms with Crippen LogP contribution in [0.2, 0.25) is 0 Å². The van der Waals surface area contributed by atoms with Gasteiger partial charge in [0, 0.05) is 40.1 Å². The maximum Gasteiger partial charge on any atom is 0.303 e. The summed E-state index contributed by atoms with van der Waals surface area (Å²) >= 11 is 6.52. The van der Waals surface area contributed by atoms with Crippen LogP contribution in [0, 0.1) is 0 Å². The van der Waals surface area contributed by atoms with Gasteiger partial charge in [-0.25, -0.2) is 0 Å². The smallest absolute Gasteiger partial charge is 0.303 e. The summed E-state index contributed by atoms with van der Waals surface area (Å²) in [4.78, 5) is 66.7. The number of hydrogen-bond donors (Lipinski definition) is 0. The van der Waals surface area contributed by atoms with Crippen LogP contribution in [0.3, 0.4) is 0 Å². The standard InChI is InChI=1S/C24H26N2O10S2/c1-11(16-6-8-25-9-7-16)21-22(31)26(24(37)38-21)23-20(35-15(5)30)19(34-14(4)29)18(33-13(3)28)17(36-23)10-32-12(2)27/h6-9,17-20,23H,10H2,1-5H3/b21-11+. The van der Waals surface area contributed by atoms with Crippen LogP contribution in [0.5, 0.6) is 0 Å². The second kappa shape index (κ2) is 12.5. The molecule has 2 fully saturated rings. The van der Waals surface area contributed by atoms with Crippen LogP contribution in [-0.2, 0) is 47.7 Å². The van der Waals surface area contributed by atoms with E-state index in [2.05, 4.69) is 4.98 Å². The van der Waals surface area contributed by atoms with Gasteiger partial charge in [-0.2, -0.15) is 0 Å². The minimum Gasteiger partial charge on any atom is -0.463 e. The van der Waals surface area contributed by atoms with Crippen molar-refractivity contribution in [3.63, 3.8) is 0 Å². The zero-order valence-corrected chi connectivity index (χ0v) is 22.8. The summed E-state index contributed by atoms with van der Waals surface area (Å²) < 4.78 is 27.5. The first-order chi connectivity index (χ1) is 17.9. The van der Waals surface area contributed by atoms with Gasteiger partial charge in [0.25, 0.3) is 5.91 Å². The van der Waals surface area contributed by atoms with E-state index in [-0.39, 0.29) is 4.32 Å². The van der Waals surface area contributed by atoms with E-state index in [1.165, 1.54) is 6.92 Å². The number of hydrogen-bond acceptors (Lipinski definition) is 13. The first-order valence-electron chi connectivity index (χ1n) is 11.4. The number of pyridine rings is 1. The van der Waals surface area contributed by atoms with Gasteiger partial charge in [0.05, 0.1) is 4.91 Å². The van der Waals surface area contributed by atoms with Gasteiger partial charge >= 0.3 is 23.9 Å². The van der Waals surface area contributed by atoms with Crippen LogP contribution in [0.1, 0.15) is 40.2 Å². The zero-order valence-electron chi connectivity index (χ0n) is 21.2. The Kier molecular flexibility index (Phi) is 9.57. The summed E-state index contributed by atoms with van der Waals surface area (Å²) in [5.41, 5.74) is 1.36. The van der Waals surface area contributed by atoms with Crippen LogP contribution in [0.4, 0.5) is 0 Å². The van der Waals surface area contributed by atoms with E-state index in [0.717, 1.165) is 43.0 Å². The molecular formula is C24H26N2O10S2. The lowest BCUT2D eigenvalue weighted by molar-refractivity contribution is -0.268. The molecule has 1 aromatic rings. The summed E-state index contributed by atoms with van der Waals surface area (Å²) in [6, 6.07) is 3.46. The van der Waals surface area contributed by atoms with E-state index in [1.807, 2.05) is 0 Å². The molecule has 0 aromatic carbocycles. The highest BCUT2D eigenvalue weighted by molar-refractivity contribution is 8.26. The topological polar surface area (TPSA) is 148 Å². The minimum absolute atomic E-state index is 0.0827. The SMILES string of the molecule is CC(=O)OCC1OC(N2C(=O)/C(=C(/C)c3ccncc3)SC2=S)C(OC(C)=O)C(OC(C)=O)C1OC(C)=O. The number of thioether (sulfide) groups is 1. The Morgan fingerprint density at radius 3 is 2.03 bits per heavy atom. The van der Waals surface area contributed by atoms with Crippen LogP contribution < -0.4 is 0 Å². The molecule has 0 saturated carbocycles. The fraction of sp³-hybridized carbons (Fsp3) is 0.458. The Balaban J connectivity index is 2.09. The number of aromatic nitrogens is 1. The number of carbonyl (C=O) groups is 5. The van der Waals surface area contributed by atoms with Crippen molar-refractivity contribution in [2.24, 2.45) is 0 Å². The van der Waals surface area contributed by atoms with E-state index in [4.69, 9.17) is 35.9 Å². The van der Waals surface area contributed by atoms with E-state index >= 15 is 0 Å². The van der Waals surface area contributed by atoms with Crippen molar-refractivity contribution in [2.75, 3.05) is 6.61 Å². The van der Waals surface area contributed by atoms with Gasteiger partial charge in [-0.1, -0.05) is 24.0 Å². The molecule has 2 saturated heterocycles. The Bertz CT molecular complexity index is 1170. The van der Waals surface area contributed by atoms with Crippen molar-refractivity contribution in [1.82, 2.24) is 9.88 Å². The fourth-order valence-corrected chi connectivity index (χ4v) is 5.33. The third-order valence-corrected chi connectivity index (χ3v) is 6.98. The molecular weight excluding hydrogens is 540 g/mol. The van der Waals surface area contributed by atoms with Gasteiger partial charge in [0.1, 0.15) is 12.7 Å². The van der Waals surface area contributed by atoms with Gasteiger partial charge in [0.15, 0.2) is 28.9 Å². The molecule has 0 aliphatic carbocycles. The predicted octanol–water partition coefficient (Wildman–Crippen LogP) is 1.76. The molecule has 1 amide bonds. The van der Waals surface area contributed by atoms with Gasteiger partial charge in [-0.3, -0.25) is 33.9 Å². The normalized spacial score (nSPS) is 26.4. The molecule has 12 nitrogen and oxygen atoms in total. The van der Waals surface area contributed by atoms with Gasteiger partial charge < -0.3 is 23.7 Å². The van der Waals surface area contributed by atoms with E-state index in [1.54, 1.807) is 31.5 Å². The Morgan fingerprint density at radius 1 is 0.921 bits per heavy atom. The summed E-state index contributed by atoms with van der Waals surface area (Å²) in [5.74, 6) is -3.52. The summed E-state index contributed by atoms with van der Waals surface area (Å²) in [5, 5.41) is 0. The first kappa shape index (κ1) is 29.2. The largest absolute Gasteiger partial charge is 0.463 e. The van der Waals surface area contributed by atoms with Crippen molar-refractivity contribution in [1.29, 1.82) is 0 Å². The molecule has 0 bridgehead atoms. The highest BCUT2D eigenvalue weighted by atomic mass is 32.2. The second-order valence-corrected chi connectivity index (χ2v) is 9.97. The number of thiocarbonyl (C=S) groups is 1. The molecule has 5 atom stereocenters. The molecule has 0 radical (unpaired) electrons. The number of carbonyl (C=O) groups excluding carboxylic acids is 5. The van der Waals surface area contributed by atoms with Crippen LogP contribution in [0.25, 0.3) is 5.57 Å². The van der Waals surface area contributed by atoms with Gasteiger partial charge in [0.2, 0.25) is 0 Å². The lowest BCUT2D eigenvalue weighted by atomic mass is 9.96. The van der Waals surface area contributed by atoms with E-state index in [9.17, 15) is 24.0 Å². The van der Waals surface area contributed by atoms with Gasteiger partial charge in [-0.15, -0.1) is 0 Å². The highest BCUT2D eigenvalue weighted by Crippen LogP contribution is 2.41. The van der Waals surface area contributed by atoms with E-state index < -0.39 is 67.0 Å². The maximum absolute atomic E-state index is 13.7. The number of amides is 1. The molecule has 1 aromatic heterocycles. The number of nitrogens with zero attached hydrogens (tertiary/aromatic N) is 2. The second-order valence-electron chi connectivity index (χ2n) is 8.32. The van der Waals surface area contributed by atoms with Crippen molar-refractivity contribution in [3.8, 4) is 0 Å². The minimum atomic E-state index is -1.45. The quantitative estimate of drug-likeness (QED) is 0.204. The average molecular weight is 567 g/mol. The number of ether oxygens (including phenoxy) is 5. The first-order valence-corrected chi connectivity index (χ1v) is 12.6. The van der Waals surface area contributed by atoms with E-state index in [0.29, 0.717) is 10.5 Å². The predicted molar refractivity (Wildman–Crippen MR) is 136 cm³/mol. The highest BCUT2D eigenvalue weighted by Gasteiger charge is 2.56. The van der Waals surface area contributed by atoms with Crippen molar-refractivity contribution in [3.05, 3.63) is 35.0 Å². The Morgan fingerprint density at radius 2 is 1.47 bits per heavy atom. The molecule has 5 unspecified atom stereocenters. The molecule has 3 rings (SSSR count). The summed E-state index contributed by atoms with van der Waals surface area (Å²) in [6.07, 6.45) is -3.67. The molecule has 0 N–H and O–H groups in total. The van der Waals surface area contributed by atoms with Gasteiger partial charge in [-0.05, 0) is 30.2 Å². The third-order valence-electron chi connectivity index (χ3n) is 5.47.